The fraction of sp³-hybridized carbons (Fsp3) is 1.00. The van der Waals surface area contributed by atoms with Crippen LogP contribution in [-0.2, 0) is 0 Å². The molecule has 0 rings (SSSR count). The second-order valence-corrected chi connectivity index (χ2v) is 2.29. The van der Waals surface area contributed by atoms with Gasteiger partial charge in [-0.3, -0.25) is 0 Å². The van der Waals surface area contributed by atoms with Crippen LogP contribution in [-0.4, -0.2) is 34.2 Å². The quantitative estimate of drug-likeness (QED) is 0.397. The molecule has 2 atom stereocenters. The molecule has 0 heterocycles. The number of nitrogens with one attached hydrogen (secondary N) is 1. The van der Waals surface area contributed by atoms with Crippen LogP contribution in [0.15, 0.2) is 0 Å². The van der Waals surface area contributed by atoms with Crippen molar-refractivity contribution < 1.29 is 15.4 Å². The molecule has 2 unspecified atom stereocenters. The Balaban J connectivity index is 3.38. The van der Waals surface area contributed by atoms with Crippen LogP contribution in [0.5, 0.6) is 0 Å². The molecule has 0 amide bonds. The van der Waals surface area contributed by atoms with Gasteiger partial charge in [0.05, 0.1) is 12.2 Å². The Morgan fingerprint density at radius 3 is 2.30 bits per heavy atom. The van der Waals surface area contributed by atoms with Crippen molar-refractivity contribution in [1.29, 1.82) is 0 Å². The number of aliphatic hydroxyl groups excluding tert-OH is 2. The van der Waals surface area contributed by atoms with Crippen molar-refractivity contribution in [3.05, 3.63) is 0 Å². The number of hydrogen-bond acceptors (Lipinski definition) is 4. The first-order valence-electron chi connectivity index (χ1n) is 3.45. The van der Waals surface area contributed by atoms with Crippen LogP contribution in [0.4, 0.5) is 0 Å². The Labute approximate surface area is 60.5 Å². The molecular formula is C6H15NO3. The predicted octanol–water partition coefficient (Wildman–Crippen LogP) is -0.513. The zero-order valence-electron chi connectivity index (χ0n) is 6.12. The first-order valence-corrected chi connectivity index (χ1v) is 3.45. The van der Waals surface area contributed by atoms with Crippen LogP contribution >= 0.6 is 0 Å². The second kappa shape index (κ2) is 5.61. The van der Waals surface area contributed by atoms with E-state index in [0.717, 1.165) is 6.42 Å². The van der Waals surface area contributed by atoms with Crippen LogP contribution in [0.3, 0.4) is 0 Å². The third-order valence-corrected chi connectivity index (χ3v) is 1.33. The Bertz CT molecular complexity index is 69.4. The number of hydroxylamine groups is 1. The van der Waals surface area contributed by atoms with Gasteiger partial charge in [-0.2, -0.15) is 0 Å². The normalized spacial score (nSPS) is 16.8. The van der Waals surface area contributed by atoms with Gasteiger partial charge in [0.1, 0.15) is 0 Å². The molecule has 4 heteroatoms. The third-order valence-electron chi connectivity index (χ3n) is 1.33. The van der Waals surface area contributed by atoms with Gasteiger partial charge in [0, 0.05) is 6.54 Å². The van der Waals surface area contributed by atoms with E-state index in [1.165, 1.54) is 0 Å². The van der Waals surface area contributed by atoms with E-state index >= 15 is 0 Å². The van der Waals surface area contributed by atoms with Gasteiger partial charge >= 0.3 is 0 Å². The topological polar surface area (TPSA) is 72.7 Å². The van der Waals surface area contributed by atoms with Crippen molar-refractivity contribution in [1.82, 2.24) is 5.48 Å². The van der Waals surface area contributed by atoms with Gasteiger partial charge in [-0.15, -0.1) is 0 Å². The molecule has 0 aromatic carbocycles. The molecule has 0 aliphatic rings. The summed E-state index contributed by atoms with van der Waals surface area (Å²) in [6, 6.07) is 0. The van der Waals surface area contributed by atoms with Crippen molar-refractivity contribution in [2.45, 2.75) is 32.0 Å². The zero-order valence-corrected chi connectivity index (χ0v) is 6.12. The summed E-state index contributed by atoms with van der Waals surface area (Å²) >= 11 is 0. The lowest BCUT2D eigenvalue weighted by Crippen LogP contribution is -2.34. The first-order chi connectivity index (χ1) is 4.72. The van der Waals surface area contributed by atoms with Crippen LogP contribution < -0.4 is 5.48 Å². The minimum atomic E-state index is -0.870. The lowest BCUT2D eigenvalue weighted by atomic mass is 10.1. The fourth-order valence-corrected chi connectivity index (χ4v) is 0.718. The summed E-state index contributed by atoms with van der Waals surface area (Å²) in [4.78, 5) is 0. The predicted molar refractivity (Wildman–Crippen MR) is 36.7 cm³/mol. The molecule has 0 aliphatic carbocycles. The van der Waals surface area contributed by atoms with Gasteiger partial charge in [-0.1, -0.05) is 13.3 Å². The first kappa shape index (κ1) is 9.84. The van der Waals surface area contributed by atoms with Gasteiger partial charge in [-0.05, 0) is 6.42 Å². The molecule has 10 heavy (non-hydrogen) atoms. The Kier molecular flexibility index (Phi) is 5.52. The minimum absolute atomic E-state index is 0.0150. The molecule has 0 aromatic rings. The third kappa shape index (κ3) is 3.79. The van der Waals surface area contributed by atoms with E-state index in [2.05, 4.69) is 0 Å². The highest BCUT2D eigenvalue weighted by Gasteiger charge is 2.13. The van der Waals surface area contributed by atoms with Gasteiger partial charge in [0.25, 0.3) is 0 Å². The van der Waals surface area contributed by atoms with E-state index in [1.807, 2.05) is 6.92 Å². The number of rotatable bonds is 5. The van der Waals surface area contributed by atoms with Gasteiger partial charge < -0.3 is 15.4 Å². The highest BCUT2D eigenvalue weighted by atomic mass is 16.5. The summed E-state index contributed by atoms with van der Waals surface area (Å²) < 4.78 is 0. The summed E-state index contributed by atoms with van der Waals surface area (Å²) in [5.41, 5.74) is 1.80. The summed E-state index contributed by atoms with van der Waals surface area (Å²) in [5, 5.41) is 26.2. The molecule has 0 fully saturated rings. The lowest BCUT2D eigenvalue weighted by Gasteiger charge is -2.15. The molecule has 4 nitrogen and oxygen atoms in total. The highest BCUT2D eigenvalue weighted by molar-refractivity contribution is 4.66. The van der Waals surface area contributed by atoms with Crippen molar-refractivity contribution in [3.63, 3.8) is 0 Å². The Morgan fingerprint density at radius 1 is 1.30 bits per heavy atom. The molecule has 62 valence electrons. The van der Waals surface area contributed by atoms with E-state index < -0.39 is 12.2 Å². The molecule has 0 aliphatic heterocycles. The largest absolute Gasteiger partial charge is 0.390 e. The van der Waals surface area contributed by atoms with Crippen LogP contribution in [0, 0.1) is 0 Å². The standard InChI is InChI=1S/C6H15NO3/c1-2-3-5(8)6(9)4-7-10/h5-10H,2-4H2,1H3. The van der Waals surface area contributed by atoms with Crippen LogP contribution in [0.2, 0.25) is 0 Å². The monoisotopic (exact) mass is 149 g/mol. The maximum absolute atomic E-state index is 9.05. The molecule has 0 radical (unpaired) electrons. The SMILES string of the molecule is CCCC(O)C(O)CNO. The Hall–Kier alpha value is -0.160. The summed E-state index contributed by atoms with van der Waals surface area (Å²) in [5.74, 6) is 0. The highest BCUT2D eigenvalue weighted by Crippen LogP contribution is 2.00. The summed E-state index contributed by atoms with van der Waals surface area (Å²) in [6.45, 7) is 1.93. The smallest absolute Gasteiger partial charge is 0.0946 e. The summed E-state index contributed by atoms with van der Waals surface area (Å²) in [7, 11) is 0. The van der Waals surface area contributed by atoms with Crippen molar-refractivity contribution in [3.8, 4) is 0 Å². The van der Waals surface area contributed by atoms with Gasteiger partial charge in [-0.25, -0.2) is 5.48 Å². The molecule has 0 saturated heterocycles. The molecule has 0 spiro atoms. The van der Waals surface area contributed by atoms with Crippen LogP contribution in [0.25, 0.3) is 0 Å². The molecule has 0 bridgehead atoms. The van der Waals surface area contributed by atoms with E-state index in [1.54, 1.807) is 5.48 Å². The van der Waals surface area contributed by atoms with Crippen molar-refractivity contribution >= 4 is 0 Å². The maximum atomic E-state index is 9.05. The van der Waals surface area contributed by atoms with E-state index in [4.69, 9.17) is 15.4 Å². The van der Waals surface area contributed by atoms with Crippen molar-refractivity contribution in [2.75, 3.05) is 6.54 Å². The number of hydrogen-bond donors (Lipinski definition) is 4. The molecular weight excluding hydrogens is 134 g/mol. The molecule has 0 aromatic heterocycles. The number of aliphatic hydroxyl groups is 2. The van der Waals surface area contributed by atoms with E-state index in [0.29, 0.717) is 6.42 Å². The van der Waals surface area contributed by atoms with Gasteiger partial charge in [0.15, 0.2) is 0 Å². The summed E-state index contributed by atoms with van der Waals surface area (Å²) in [6.07, 6.45) is -0.221. The minimum Gasteiger partial charge on any atom is -0.390 e. The Morgan fingerprint density at radius 2 is 1.90 bits per heavy atom. The molecule has 4 N–H and O–H groups in total. The maximum Gasteiger partial charge on any atom is 0.0946 e. The molecule has 0 saturated carbocycles. The fourth-order valence-electron chi connectivity index (χ4n) is 0.718. The van der Waals surface area contributed by atoms with E-state index in [-0.39, 0.29) is 6.54 Å². The van der Waals surface area contributed by atoms with Crippen molar-refractivity contribution in [2.24, 2.45) is 0 Å². The van der Waals surface area contributed by atoms with E-state index in [9.17, 15) is 0 Å². The van der Waals surface area contributed by atoms with Gasteiger partial charge in [0.2, 0.25) is 0 Å². The zero-order chi connectivity index (χ0) is 7.98. The lowest BCUT2D eigenvalue weighted by molar-refractivity contribution is -0.00634. The second-order valence-electron chi connectivity index (χ2n) is 2.29. The average Bonchev–Trinajstić information content (AvgIpc) is 1.89. The average molecular weight is 149 g/mol. The van der Waals surface area contributed by atoms with Crippen LogP contribution in [0.1, 0.15) is 19.8 Å².